The fourth-order valence-corrected chi connectivity index (χ4v) is 3.14. The third-order valence-electron chi connectivity index (χ3n) is 4.53. The first-order valence-corrected chi connectivity index (χ1v) is 8.46. The van der Waals surface area contributed by atoms with Crippen molar-refractivity contribution < 1.29 is 19.2 Å². The number of tetrazole rings is 1. The maximum Gasteiger partial charge on any atom is 0.262 e. The van der Waals surface area contributed by atoms with Crippen LogP contribution in [0.25, 0.3) is 5.57 Å². The third-order valence-corrected chi connectivity index (χ3v) is 4.53. The number of aromatic amines is 1. The first-order valence-electron chi connectivity index (χ1n) is 8.46. The molecule has 1 unspecified atom stereocenters. The molecule has 0 radical (unpaired) electrons. The molecule has 29 heavy (non-hydrogen) atoms. The van der Waals surface area contributed by atoms with Crippen molar-refractivity contribution in [1.82, 2.24) is 30.8 Å². The number of piperidine rings is 1. The Morgan fingerprint density at radius 1 is 1.24 bits per heavy atom. The maximum absolute atomic E-state index is 12.8. The third kappa shape index (κ3) is 3.10. The minimum absolute atomic E-state index is 0.0500. The summed E-state index contributed by atoms with van der Waals surface area (Å²) in [5.41, 5.74) is 0.821. The molecule has 1 aromatic heterocycles. The molecule has 1 fully saturated rings. The molecule has 1 saturated heterocycles. The van der Waals surface area contributed by atoms with Crippen LogP contribution in [0, 0.1) is 11.3 Å². The average molecular weight is 392 g/mol. The molecule has 1 aromatic carbocycles. The van der Waals surface area contributed by atoms with Gasteiger partial charge in [0, 0.05) is 18.3 Å². The normalized spacial score (nSPS) is 19.1. The lowest BCUT2D eigenvalue weighted by atomic mass is 10.0. The van der Waals surface area contributed by atoms with Gasteiger partial charge in [-0.3, -0.25) is 29.4 Å². The summed E-state index contributed by atoms with van der Waals surface area (Å²) in [4.78, 5) is 49.7. The minimum atomic E-state index is -1.03. The first kappa shape index (κ1) is 18.0. The van der Waals surface area contributed by atoms with Crippen LogP contribution in [-0.4, -0.2) is 55.2 Å². The van der Waals surface area contributed by atoms with Gasteiger partial charge in [-0.1, -0.05) is 0 Å². The predicted molar refractivity (Wildman–Crippen MR) is 94.5 cm³/mol. The number of carbonyl (C=O) groups excluding carboxylic acids is 4. The van der Waals surface area contributed by atoms with E-state index in [1.54, 1.807) is 6.07 Å². The number of benzene rings is 1. The second kappa shape index (κ2) is 6.97. The van der Waals surface area contributed by atoms with Crippen LogP contribution in [0.3, 0.4) is 0 Å². The van der Waals surface area contributed by atoms with E-state index in [4.69, 9.17) is 0 Å². The van der Waals surface area contributed by atoms with E-state index >= 15 is 0 Å². The Bertz CT molecular complexity index is 1110. The fourth-order valence-electron chi connectivity index (χ4n) is 3.14. The zero-order valence-electron chi connectivity index (χ0n) is 14.7. The largest absolute Gasteiger partial charge is 0.360 e. The van der Waals surface area contributed by atoms with Crippen LogP contribution in [0.15, 0.2) is 24.4 Å². The molecule has 0 aliphatic carbocycles. The molecule has 2 aliphatic rings. The lowest BCUT2D eigenvalue weighted by Crippen LogP contribution is -2.54. The van der Waals surface area contributed by atoms with Crippen molar-refractivity contribution in [1.29, 1.82) is 5.26 Å². The highest BCUT2D eigenvalue weighted by atomic mass is 16.2. The van der Waals surface area contributed by atoms with Crippen molar-refractivity contribution >= 4 is 34.9 Å². The molecule has 2 aromatic rings. The molecular weight excluding hydrogens is 380 g/mol. The second-order valence-corrected chi connectivity index (χ2v) is 6.26. The number of anilines is 1. The van der Waals surface area contributed by atoms with Crippen LogP contribution in [0.1, 0.15) is 39.4 Å². The fraction of sp³-hybridized carbons (Fsp3) is 0.176. The molecule has 4 rings (SSSR count). The Morgan fingerprint density at radius 3 is 2.72 bits per heavy atom. The van der Waals surface area contributed by atoms with Crippen molar-refractivity contribution in [2.45, 2.75) is 18.9 Å². The monoisotopic (exact) mass is 392 g/mol. The van der Waals surface area contributed by atoms with Crippen LogP contribution >= 0.6 is 0 Å². The van der Waals surface area contributed by atoms with Crippen molar-refractivity contribution in [3.63, 3.8) is 0 Å². The van der Waals surface area contributed by atoms with Gasteiger partial charge in [-0.05, 0) is 29.8 Å². The van der Waals surface area contributed by atoms with Crippen LogP contribution in [0.2, 0.25) is 0 Å². The summed E-state index contributed by atoms with van der Waals surface area (Å²) in [7, 11) is 0. The van der Waals surface area contributed by atoms with E-state index in [-0.39, 0.29) is 35.4 Å². The lowest BCUT2D eigenvalue weighted by Gasteiger charge is -2.27. The van der Waals surface area contributed by atoms with Gasteiger partial charge in [0.25, 0.3) is 11.8 Å². The van der Waals surface area contributed by atoms with E-state index in [1.165, 1.54) is 18.3 Å². The SMILES string of the molecule is N#CC(=CNc1ccc2c(c1)C(=O)N(C1CCC(=O)NC1=O)C2=O)c1nn[nH]n1. The van der Waals surface area contributed by atoms with Crippen LogP contribution in [0.5, 0.6) is 0 Å². The van der Waals surface area contributed by atoms with Gasteiger partial charge >= 0.3 is 0 Å². The molecule has 0 bridgehead atoms. The summed E-state index contributed by atoms with van der Waals surface area (Å²) < 4.78 is 0. The Morgan fingerprint density at radius 2 is 2.03 bits per heavy atom. The topological polar surface area (TPSA) is 174 Å². The van der Waals surface area contributed by atoms with Gasteiger partial charge in [-0.25, -0.2) is 0 Å². The Balaban J connectivity index is 1.58. The number of hydrogen-bond acceptors (Lipinski definition) is 9. The van der Waals surface area contributed by atoms with Crippen molar-refractivity contribution in [2.75, 3.05) is 5.32 Å². The second-order valence-electron chi connectivity index (χ2n) is 6.26. The molecule has 3 heterocycles. The van der Waals surface area contributed by atoms with Crippen molar-refractivity contribution in [3.8, 4) is 6.07 Å². The highest BCUT2D eigenvalue weighted by Gasteiger charge is 2.44. The number of rotatable bonds is 4. The Kier molecular flexibility index (Phi) is 4.32. The summed E-state index contributed by atoms with van der Waals surface area (Å²) in [5, 5.41) is 27.2. The Hall–Kier alpha value is -4.40. The van der Waals surface area contributed by atoms with E-state index in [9.17, 15) is 24.4 Å². The molecule has 3 N–H and O–H groups in total. The number of nitrogens with one attached hydrogen (secondary N) is 3. The number of carbonyl (C=O) groups is 4. The number of hydrogen-bond donors (Lipinski definition) is 3. The van der Waals surface area contributed by atoms with Crippen LogP contribution < -0.4 is 10.6 Å². The van der Waals surface area contributed by atoms with Crippen LogP contribution in [-0.2, 0) is 9.59 Å². The van der Waals surface area contributed by atoms with E-state index in [0.29, 0.717) is 5.69 Å². The molecule has 0 saturated carbocycles. The van der Waals surface area contributed by atoms with Gasteiger partial charge in [-0.15, -0.1) is 10.2 Å². The quantitative estimate of drug-likeness (QED) is 0.461. The molecule has 12 heteroatoms. The number of amides is 4. The molecule has 4 amide bonds. The number of nitriles is 1. The summed E-state index contributed by atoms with van der Waals surface area (Å²) in [5.74, 6) is -2.22. The van der Waals surface area contributed by atoms with Gasteiger partial charge in [0.05, 0.1) is 11.1 Å². The summed E-state index contributed by atoms with van der Waals surface area (Å²) in [6, 6.07) is 5.35. The van der Waals surface area contributed by atoms with Crippen molar-refractivity contribution in [2.24, 2.45) is 0 Å². The predicted octanol–water partition coefficient (Wildman–Crippen LogP) is -0.423. The zero-order chi connectivity index (χ0) is 20.5. The van der Waals surface area contributed by atoms with Crippen LogP contribution in [0.4, 0.5) is 5.69 Å². The standard InChI is InChI=1S/C17H12N8O4/c18-6-8(14-21-23-24-22-14)7-19-9-1-2-10-11(5-9)17(29)25(16(10)28)12-3-4-13(26)20-15(12)27/h1-2,5,7,12,19H,3-4H2,(H,20,26,27)(H,21,22,23,24). The lowest BCUT2D eigenvalue weighted by molar-refractivity contribution is -0.136. The number of H-pyrrole nitrogens is 1. The number of aromatic nitrogens is 4. The first-order chi connectivity index (χ1) is 14.0. The molecule has 1 atom stereocenters. The summed E-state index contributed by atoms with van der Waals surface area (Å²) >= 11 is 0. The number of allylic oxidation sites excluding steroid dienone is 1. The van der Waals surface area contributed by atoms with Gasteiger partial charge < -0.3 is 5.32 Å². The number of fused-ring (bicyclic) bond motifs is 1. The van der Waals surface area contributed by atoms with Crippen molar-refractivity contribution in [3.05, 3.63) is 41.4 Å². The molecule has 0 spiro atoms. The smallest absolute Gasteiger partial charge is 0.262 e. The number of nitrogens with zero attached hydrogens (tertiary/aromatic N) is 5. The van der Waals surface area contributed by atoms with Gasteiger partial charge in [0.15, 0.2) is 0 Å². The molecule has 12 nitrogen and oxygen atoms in total. The summed E-state index contributed by atoms with van der Waals surface area (Å²) in [6.07, 6.45) is 1.47. The van der Waals surface area contributed by atoms with E-state index in [0.717, 1.165) is 4.90 Å². The van der Waals surface area contributed by atoms with E-state index in [1.807, 2.05) is 6.07 Å². The van der Waals surface area contributed by atoms with Gasteiger partial charge in [0.2, 0.25) is 17.6 Å². The molecule has 2 aliphatic heterocycles. The maximum atomic E-state index is 12.8. The number of imide groups is 2. The minimum Gasteiger partial charge on any atom is -0.360 e. The molecular formula is C17H12N8O4. The average Bonchev–Trinajstić information content (AvgIpc) is 3.31. The zero-order valence-corrected chi connectivity index (χ0v) is 14.7. The van der Waals surface area contributed by atoms with Gasteiger partial charge in [0.1, 0.15) is 17.7 Å². The molecule has 144 valence electrons. The van der Waals surface area contributed by atoms with E-state index < -0.39 is 29.7 Å². The van der Waals surface area contributed by atoms with Gasteiger partial charge in [-0.2, -0.15) is 10.5 Å². The Labute approximate surface area is 162 Å². The highest BCUT2D eigenvalue weighted by molar-refractivity contribution is 6.23. The highest BCUT2D eigenvalue weighted by Crippen LogP contribution is 2.29. The summed E-state index contributed by atoms with van der Waals surface area (Å²) in [6.45, 7) is 0. The van der Waals surface area contributed by atoms with E-state index in [2.05, 4.69) is 31.3 Å².